The fraction of sp³-hybridized carbons (Fsp3) is 0.455. The largest absolute Gasteiger partial charge is 0.416 e. The van der Waals surface area contributed by atoms with E-state index in [1.54, 1.807) is 0 Å². The Kier molecular flexibility index (Phi) is 6.90. The van der Waals surface area contributed by atoms with Crippen LogP contribution in [0.15, 0.2) is 42.6 Å². The highest BCUT2D eigenvalue weighted by Gasteiger charge is 2.36. The molecule has 1 N–H and O–H groups in total. The lowest BCUT2D eigenvalue weighted by atomic mass is 10.0. The standard InChI is InChI=1S/C22H26F3N3O/c1-16(29)26-14-18-15-27-20(13-19(18)22(23,24)25)21-10-6-12-28(21)11-5-9-17-7-3-2-4-8-17/h2-4,7-8,13,15,21H,5-6,9-12,14H2,1H3,(H,26,29)/t21-/m1/s1. The van der Waals surface area contributed by atoms with E-state index >= 15 is 0 Å². The van der Waals surface area contributed by atoms with Crippen molar-refractivity contribution in [2.45, 2.75) is 51.4 Å². The summed E-state index contributed by atoms with van der Waals surface area (Å²) in [5.74, 6) is -0.373. The number of halogens is 3. The fourth-order valence-electron chi connectivity index (χ4n) is 3.87. The number of alkyl halides is 3. The first-order chi connectivity index (χ1) is 13.8. The summed E-state index contributed by atoms with van der Waals surface area (Å²) in [5, 5.41) is 2.43. The minimum atomic E-state index is -4.48. The lowest BCUT2D eigenvalue weighted by molar-refractivity contribution is -0.138. The zero-order valence-electron chi connectivity index (χ0n) is 16.5. The number of carbonyl (C=O) groups is 1. The molecule has 7 heteroatoms. The summed E-state index contributed by atoms with van der Waals surface area (Å²) in [6, 6.07) is 11.3. The van der Waals surface area contributed by atoms with Crippen molar-refractivity contribution in [3.63, 3.8) is 0 Å². The second-order valence-electron chi connectivity index (χ2n) is 7.46. The van der Waals surface area contributed by atoms with E-state index in [2.05, 4.69) is 27.3 Å². The Morgan fingerprint density at radius 2 is 2.03 bits per heavy atom. The Morgan fingerprint density at radius 1 is 1.28 bits per heavy atom. The first-order valence-electron chi connectivity index (χ1n) is 9.93. The van der Waals surface area contributed by atoms with Crippen molar-refractivity contribution in [2.75, 3.05) is 13.1 Å². The quantitative estimate of drug-likeness (QED) is 0.737. The van der Waals surface area contributed by atoms with Crippen LogP contribution in [0, 0.1) is 0 Å². The number of amides is 1. The first kappa shape index (κ1) is 21.3. The minimum absolute atomic E-state index is 0.00919. The Bertz CT molecular complexity index is 824. The van der Waals surface area contributed by atoms with Gasteiger partial charge in [0.15, 0.2) is 0 Å². The van der Waals surface area contributed by atoms with Gasteiger partial charge in [-0.15, -0.1) is 0 Å². The van der Waals surface area contributed by atoms with Crippen molar-refractivity contribution < 1.29 is 18.0 Å². The molecule has 29 heavy (non-hydrogen) atoms. The van der Waals surface area contributed by atoms with Gasteiger partial charge in [-0.1, -0.05) is 30.3 Å². The molecule has 1 aliphatic rings. The number of nitrogens with one attached hydrogen (secondary N) is 1. The van der Waals surface area contributed by atoms with Crippen LogP contribution in [0.25, 0.3) is 0 Å². The van der Waals surface area contributed by atoms with E-state index in [1.165, 1.54) is 18.7 Å². The number of benzene rings is 1. The Morgan fingerprint density at radius 3 is 2.72 bits per heavy atom. The Balaban J connectivity index is 1.71. The lowest BCUT2D eigenvalue weighted by Gasteiger charge is -2.25. The third kappa shape index (κ3) is 5.79. The number of likely N-dealkylation sites (tertiary alicyclic amines) is 1. The Hall–Kier alpha value is -2.41. The highest BCUT2D eigenvalue weighted by molar-refractivity contribution is 5.72. The molecule has 1 aliphatic heterocycles. The van der Waals surface area contributed by atoms with Crippen LogP contribution in [0.3, 0.4) is 0 Å². The van der Waals surface area contributed by atoms with Crippen molar-refractivity contribution >= 4 is 5.91 Å². The van der Waals surface area contributed by atoms with Crippen LogP contribution in [0.4, 0.5) is 13.2 Å². The van der Waals surface area contributed by atoms with Gasteiger partial charge in [-0.2, -0.15) is 13.2 Å². The van der Waals surface area contributed by atoms with E-state index in [0.29, 0.717) is 5.69 Å². The predicted octanol–water partition coefficient (Wildman–Crippen LogP) is 4.51. The van der Waals surface area contributed by atoms with Crippen LogP contribution in [0.1, 0.15) is 54.6 Å². The fourth-order valence-corrected chi connectivity index (χ4v) is 3.87. The molecule has 1 aromatic carbocycles. The Labute approximate surface area is 169 Å². The van der Waals surface area contributed by atoms with E-state index in [9.17, 15) is 18.0 Å². The SMILES string of the molecule is CC(=O)NCc1cnc([C@H]2CCCN2CCCc2ccccc2)cc1C(F)(F)F. The second kappa shape index (κ2) is 9.39. The maximum Gasteiger partial charge on any atom is 0.416 e. The molecule has 1 amide bonds. The molecule has 4 nitrogen and oxygen atoms in total. The molecule has 0 bridgehead atoms. The summed E-state index contributed by atoms with van der Waals surface area (Å²) in [5.41, 5.74) is 1.00. The van der Waals surface area contributed by atoms with Crippen molar-refractivity contribution in [1.82, 2.24) is 15.2 Å². The van der Waals surface area contributed by atoms with Gasteiger partial charge in [-0.25, -0.2) is 0 Å². The minimum Gasteiger partial charge on any atom is -0.352 e. The van der Waals surface area contributed by atoms with Crippen LogP contribution in [-0.4, -0.2) is 28.9 Å². The lowest BCUT2D eigenvalue weighted by Crippen LogP contribution is -2.27. The molecule has 1 atom stereocenters. The third-order valence-corrected chi connectivity index (χ3v) is 5.30. The van der Waals surface area contributed by atoms with Gasteiger partial charge in [0.1, 0.15) is 0 Å². The number of pyridine rings is 1. The molecule has 0 spiro atoms. The van der Waals surface area contributed by atoms with Crippen LogP contribution >= 0.6 is 0 Å². The van der Waals surface area contributed by atoms with E-state index in [4.69, 9.17) is 0 Å². The number of aryl methyl sites for hydroxylation is 1. The predicted molar refractivity (Wildman–Crippen MR) is 105 cm³/mol. The highest BCUT2D eigenvalue weighted by atomic mass is 19.4. The molecule has 1 saturated heterocycles. The number of hydrogen-bond acceptors (Lipinski definition) is 3. The number of carbonyl (C=O) groups excluding carboxylic acids is 1. The topological polar surface area (TPSA) is 45.2 Å². The van der Waals surface area contributed by atoms with Gasteiger partial charge in [-0.3, -0.25) is 14.7 Å². The van der Waals surface area contributed by atoms with Crippen LogP contribution in [0.2, 0.25) is 0 Å². The van der Waals surface area contributed by atoms with Crippen molar-refractivity contribution in [3.05, 3.63) is 65.0 Å². The number of hydrogen-bond donors (Lipinski definition) is 1. The molecule has 0 unspecified atom stereocenters. The summed E-state index contributed by atoms with van der Waals surface area (Å²) in [6.45, 7) is 2.80. The molecule has 3 rings (SSSR count). The molecule has 156 valence electrons. The van der Waals surface area contributed by atoms with Gasteiger partial charge in [0.2, 0.25) is 5.91 Å². The highest BCUT2D eigenvalue weighted by Crippen LogP contribution is 2.36. The van der Waals surface area contributed by atoms with E-state index in [1.807, 2.05) is 18.2 Å². The smallest absolute Gasteiger partial charge is 0.352 e. The summed E-state index contributed by atoms with van der Waals surface area (Å²) in [4.78, 5) is 17.7. The third-order valence-electron chi connectivity index (χ3n) is 5.30. The van der Waals surface area contributed by atoms with Gasteiger partial charge in [0.25, 0.3) is 0 Å². The molecule has 0 radical (unpaired) electrons. The normalized spacial score (nSPS) is 17.4. The van der Waals surface area contributed by atoms with E-state index < -0.39 is 11.7 Å². The van der Waals surface area contributed by atoms with Gasteiger partial charge in [0, 0.05) is 25.2 Å². The summed E-state index contributed by atoms with van der Waals surface area (Å²) in [6.07, 6.45) is 0.429. The van der Waals surface area contributed by atoms with Gasteiger partial charge in [0.05, 0.1) is 17.3 Å². The van der Waals surface area contributed by atoms with Crippen molar-refractivity contribution in [3.8, 4) is 0 Å². The molecule has 1 fully saturated rings. The maximum atomic E-state index is 13.6. The molecule has 0 aliphatic carbocycles. The summed E-state index contributed by atoms with van der Waals surface area (Å²) in [7, 11) is 0. The van der Waals surface area contributed by atoms with Crippen molar-refractivity contribution in [1.29, 1.82) is 0 Å². The van der Waals surface area contributed by atoms with Crippen LogP contribution in [0.5, 0.6) is 0 Å². The summed E-state index contributed by atoms with van der Waals surface area (Å²) >= 11 is 0. The molecular weight excluding hydrogens is 379 g/mol. The first-order valence-corrected chi connectivity index (χ1v) is 9.93. The maximum absolute atomic E-state index is 13.6. The monoisotopic (exact) mass is 405 g/mol. The molecule has 1 aromatic heterocycles. The zero-order chi connectivity index (χ0) is 20.9. The summed E-state index contributed by atoms with van der Waals surface area (Å²) < 4.78 is 40.7. The second-order valence-corrected chi connectivity index (χ2v) is 7.46. The molecule has 2 heterocycles. The number of aromatic nitrogens is 1. The molecule has 0 saturated carbocycles. The molecule has 2 aromatic rings. The average molecular weight is 405 g/mol. The molecular formula is C22H26F3N3O. The van der Waals surface area contributed by atoms with Crippen LogP contribution < -0.4 is 5.32 Å². The number of rotatable bonds is 7. The van der Waals surface area contributed by atoms with Gasteiger partial charge >= 0.3 is 6.18 Å². The van der Waals surface area contributed by atoms with Gasteiger partial charge in [-0.05, 0) is 50.4 Å². The van der Waals surface area contributed by atoms with Crippen molar-refractivity contribution in [2.24, 2.45) is 0 Å². The average Bonchev–Trinajstić information content (AvgIpc) is 3.15. The number of nitrogens with zero attached hydrogens (tertiary/aromatic N) is 2. The van der Waals surface area contributed by atoms with E-state index in [0.717, 1.165) is 44.8 Å². The van der Waals surface area contributed by atoms with Crippen LogP contribution in [-0.2, 0) is 23.9 Å². The zero-order valence-corrected chi connectivity index (χ0v) is 16.5. The van der Waals surface area contributed by atoms with E-state index in [-0.39, 0.29) is 24.1 Å². The van der Waals surface area contributed by atoms with Gasteiger partial charge < -0.3 is 5.32 Å².